The predicted octanol–water partition coefficient (Wildman–Crippen LogP) is 2.25. The molecule has 106 valence electrons. The molecule has 19 heavy (non-hydrogen) atoms. The van der Waals surface area contributed by atoms with Crippen molar-refractivity contribution in [2.45, 2.75) is 44.2 Å². The monoisotopic (exact) mass is 263 g/mol. The number of hydrogen-bond donors (Lipinski definition) is 3. The standard InChI is InChI=1S/C16H25NO2/c1-13-7-9-16(19,10-8-13)12-17-15(11-18)14-5-3-2-4-6-14/h2-6,13,15,17-19H,7-12H2,1H3. The molecule has 1 aromatic carbocycles. The summed E-state index contributed by atoms with van der Waals surface area (Å²) in [5.74, 6) is 0.725. The summed E-state index contributed by atoms with van der Waals surface area (Å²) < 4.78 is 0. The molecule has 0 radical (unpaired) electrons. The molecule has 1 aromatic rings. The number of aliphatic hydroxyl groups excluding tert-OH is 1. The van der Waals surface area contributed by atoms with Crippen LogP contribution in [0.2, 0.25) is 0 Å². The summed E-state index contributed by atoms with van der Waals surface area (Å²) in [6.07, 6.45) is 3.89. The lowest BCUT2D eigenvalue weighted by Gasteiger charge is -2.36. The Morgan fingerprint density at radius 3 is 2.47 bits per heavy atom. The normalized spacial score (nSPS) is 29.1. The van der Waals surface area contributed by atoms with Crippen LogP contribution in [0.25, 0.3) is 0 Å². The molecule has 1 unspecified atom stereocenters. The van der Waals surface area contributed by atoms with E-state index in [0.717, 1.165) is 37.2 Å². The first-order valence-corrected chi connectivity index (χ1v) is 7.24. The molecule has 0 bridgehead atoms. The van der Waals surface area contributed by atoms with E-state index in [-0.39, 0.29) is 12.6 Å². The first-order chi connectivity index (χ1) is 9.13. The SMILES string of the molecule is CC1CCC(O)(CNC(CO)c2ccccc2)CC1. The van der Waals surface area contributed by atoms with Crippen LogP contribution < -0.4 is 5.32 Å². The van der Waals surface area contributed by atoms with Crippen molar-refractivity contribution in [2.75, 3.05) is 13.2 Å². The zero-order valence-corrected chi connectivity index (χ0v) is 11.7. The van der Waals surface area contributed by atoms with Gasteiger partial charge < -0.3 is 15.5 Å². The van der Waals surface area contributed by atoms with Gasteiger partial charge in [-0.2, -0.15) is 0 Å². The van der Waals surface area contributed by atoms with E-state index in [2.05, 4.69) is 12.2 Å². The average Bonchev–Trinajstić information content (AvgIpc) is 2.44. The van der Waals surface area contributed by atoms with Crippen LogP contribution in [0.5, 0.6) is 0 Å². The highest BCUT2D eigenvalue weighted by molar-refractivity contribution is 5.19. The molecule has 0 saturated heterocycles. The third-order valence-corrected chi connectivity index (χ3v) is 4.27. The highest BCUT2D eigenvalue weighted by Gasteiger charge is 2.32. The van der Waals surface area contributed by atoms with Gasteiger partial charge in [0.15, 0.2) is 0 Å². The highest BCUT2D eigenvalue weighted by Crippen LogP contribution is 2.31. The predicted molar refractivity (Wildman–Crippen MR) is 76.9 cm³/mol. The highest BCUT2D eigenvalue weighted by atomic mass is 16.3. The average molecular weight is 263 g/mol. The Kier molecular flexibility index (Phi) is 4.97. The van der Waals surface area contributed by atoms with Gasteiger partial charge in [0, 0.05) is 6.54 Å². The van der Waals surface area contributed by atoms with Gasteiger partial charge in [0.1, 0.15) is 0 Å². The van der Waals surface area contributed by atoms with Crippen LogP contribution in [-0.2, 0) is 0 Å². The number of rotatable bonds is 5. The van der Waals surface area contributed by atoms with E-state index < -0.39 is 5.60 Å². The molecular weight excluding hydrogens is 238 g/mol. The van der Waals surface area contributed by atoms with Crippen molar-refractivity contribution < 1.29 is 10.2 Å². The van der Waals surface area contributed by atoms with Gasteiger partial charge in [-0.1, -0.05) is 37.3 Å². The number of hydrogen-bond acceptors (Lipinski definition) is 3. The second-order valence-electron chi connectivity index (χ2n) is 5.93. The van der Waals surface area contributed by atoms with Crippen molar-refractivity contribution in [2.24, 2.45) is 5.92 Å². The smallest absolute Gasteiger partial charge is 0.0772 e. The lowest BCUT2D eigenvalue weighted by atomic mass is 9.79. The maximum Gasteiger partial charge on any atom is 0.0772 e. The third kappa shape index (κ3) is 4.03. The summed E-state index contributed by atoms with van der Waals surface area (Å²) in [4.78, 5) is 0. The fourth-order valence-electron chi connectivity index (χ4n) is 2.76. The van der Waals surface area contributed by atoms with Crippen LogP contribution in [0.15, 0.2) is 30.3 Å². The maximum absolute atomic E-state index is 10.5. The molecular formula is C16H25NO2. The topological polar surface area (TPSA) is 52.5 Å². The lowest BCUT2D eigenvalue weighted by molar-refractivity contribution is -0.00956. The molecule has 1 atom stereocenters. The quantitative estimate of drug-likeness (QED) is 0.763. The minimum absolute atomic E-state index is 0.0521. The number of nitrogens with one attached hydrogen (secondary N) is 1. The number of aliphatic hydroxyl groups is 2. The number of benzene rings is 1. The maximum atomic E-state index is 10.5. The van der Waals surface area contributed by atoms with Gasteiger partial charge in [0.25, 0.3) is 0 Å². The Bertz CT molecular complexity index is 372. The van der Waals surface area contributed by atoms with Gasteiger partial charge in [0.2, 0.25) is 0 Å². The van der Waals surface area contributed by atoms with Gasteiger partial charge in [0.05, 0.1) is 18.2 Å². The molecule has 0 aliphatic heterocycles. The Labute approximate surface area is 115 Å². The van der Waals surface area contributed by atoms with E-state index in [4.69, 9.17) is 0 Å². The van der Waals surface area contributed by atoms with E-state index in [1.165, 1.54) is 0 Å². The van der Waals surface area contributed by atoms with Gasteiger partial charge in [-0.05, 0) is 37.2 Å². The summed E-state index contributed by atoms with van der Waals surface area (Å²) in [5, 5.41) is 23.3. The molecule has 0 amide bonds. The van der Waals surface area contributed by atoms with Crippen molar-refractivity contribution in [3.05, 3.63) is 35.9 Å². The van der Waals surface area contributed by atoms with Gasteiger partial charge in [-0.15, -0.1) is 0 Å². The Hall–Kier alpha value is -0.900. The molecule has 1 fully saturated rings. The van der Waals surface area contributed by atoms with Crippen LogP contribution in [-0.4, -0.2) is 29.0 Å². The fourth-order valence-corrected chi connectivity index (χ4v) is 2.76. The first kappa shape index (κ1) is 14.5. The molecule has 0 aromatic heterocycles. The molecule has 1 saturated carbocycles. The third-order valence-electron chi connectivity index (χ3n) is 4.27. The Morgan fingerprint density at radius 2 is 1.89 bits per heavy atom. The minimum atomic E-state index is -0.602. The van der Waals surface area contributed by atoms with Crippen molar-refractivity contribution in [3.63, 3.8) is 0 Å². The van der Waals surface area contributed by atoms with Crippen LogP contribution >= 0.6 is 0 Å². The van der Waals surface area contributed by atoms with Crippen LogP contribution in [0.3, 0.4) is 0 Å². The molecule has 1 aliphatic rings. The van der Waals surface area contributed by atoms with Crippen molar-refractivity contribution in [1.29, 1.82) is 0 Å². The largest absolute Gasteiger partial charge is 0.394 e. The van der Waals surface area contributed by atoms with Crippen LogP contribution in [0.1, 0.15) is 44.2 Å². The molecule has 2 rings (SSSR count). The molecule has 0 heterocycles. The van der Waals surface area contributed by atoms with Crippen molar-refractivity contribution >= 4 is 0 Å². The zero-order chi connectivity index (χ0) is 13.7. The second-order valence-corrected chi connectivity index (χ2v) is 5.93. The molecule has 1 aliphatic carbocycles. The van der Waals surface area contributed by atoms with Crippen LogP contribution in [0.4, 0.5) is 0 Å². The first-order valence-electron chi connectivity index (χ1n) is 7.24. The summed E-state index contributed by atoms with van der Waals surface area (Å²) >= 11 is 0. The second kappa shape index (κ2) is 6.51. The van der Waals surface area contributed by atoms with Gasteiger partial charge in [-0.25, -0.2) is 0 Å². The molecule has 0 spiro atoms. The fraction of sp³-hybridized carbons (Fsp3) is 0.625. The van der Waals surface area contributed by atoms with E-state index >= 15 is 0 Å². The lowest BCUT2D eigenvalue weighted by Crippen LogP contribution is -2.44. The summed E-state index contributed by atoms with van der Waals surface area (Å²) in [6, 6.07) is 9.81. The summed E-state index contributed by atoms with van der Waals surface area (Å²) in [6.45, 7) is 2.85. The molecule has 3 nitrogen and oxygen atoms in total. The van der Waals surface area contributed by atoms with E-state index in [0.29, 0.717) is 6.54 Å². The molecule has 3 heteroatoms. The Balaban J connectivity index is 1.90. The molecule has 3 N–H and O–H groups in total. The van der Waals surface area contributed by atoms with E-state index in [1.54, 1.807) is 0 Å². The van der Waals surface area contributed by atoms with Crippen LogP contribution in [0, 0.1) is 5.92 Å². The van der Waals surface area contributed by atoms with Crippen molar-refractivity contribution in [1.82, 2.24) is 5.32 Å². The van der Waals surface area contributed by atoms with E-state index in [1.807, 2.05) is 30.3 Å². The minimum Gasteiger partial charge on any atom is -0.394 e. The summed E-state index contributed by atoms with van der Waals surface area (Å²) in [5.41, 5.74) is 0.465. The summed E-state index contributed by atoms with van der Waals surface area (Å²) in [7, 11) is 0. The van der Waals surface area contributed by atoms with Gasteiger partial charge >= 0.3 is 0 Å². The Morgan fingerprint density at radius 1 is 1.26 bits per heavy atom. The van der Waals surface area contributed by atoms with E-state index in [9.17, 15) is 10.2 Å². The zero-order valence-electron chi connectivity index (χ0n) is 11.7. The van der Waals surface area contributed by atoms with Gasteiger partial charge in [-0.3, -0.25) is 0 Å². The van der Waals surface area contributed by atoms with Crippen molar-refractivity contribution in [3.8, 4) is 0 Å².